The molecule has 1 rings (SSSR count). The normalized spacial score (nSPS) is 13.8. The topological polar surface area (TPSA) is 67.8 Å². The second-order valence-electron chi connectivity index (χ2n) is 4.54. The molecule has 106 valence electrons. The van der Waals surface area contributed by atoms with Gasteiger partial charge in [0.25, 0.3) is 0 Å². The van der Waals surface area contributed by atoms with E-state index in [0.29, 0.717) is 6.61 Å². The van der Waals surface area contributed by atoms with Crippen molar-refractivity contribution in [2.45, 2.75) is 25.9 Å². The van der Waals surface area contributed by atoms with Crippen LogP contribution in [0.5, 0.6) is 5.75 Å². The third-order valence-electron chi connectivity index (χ3n) is 2.64. The Morgan fingerprint density at radius 1 is 1.32 bits per heavy atom. The van der Waals surface area contributed by atoms with E-state index in [9.17, 15) is 4.79 Å². The van der Waals surface area contributed by atoms with Gasteiger partial charge in [0.15, 0.2) is 0 Å². The van der Waals surface area contributed by atoms with Crippen molar-refractivity contribution in [1.82, 2.24) is 5.32 Å². The second-order valence-corrected chi connectivity index (χ2v) is 4.54. The molecule has 0 heterocycles. The molecular formula is C14H21NO4. The largest absolute Gasteiger partial charge is 0.492 e. The molecule has 0 aliphatic carbocycles. The van der Waals surface area contributed by atoms with E-state index in [2.05, 4.69) is 5.32 Å². The molecule has 2 atom stereocenters. The van der Waals surface area contributed by atoms with Gasteiger partial charge in [0.2, 0.25) is 0 Å². The first-order chi connectivity index (χ1) is 9.02. The van der Waals surface area contributed by atoms with Gasteiger partial charge in [0.05, 0.1) is 6.61 Å². The molecule has 0 saturated heterocycles. The standard InChI is InChI=1S/C14H21NO4/c1-10-4-6-12(7-5-10)19-8-11(2)15-13(9-18-3)14(16)17/h4-7,11,13,15H,8-9H2,1-3H3,(H,16,17). The molecule has 0 aromatic heterocycles. The van der Waals surface area contributed by atoms with Crippen LogP contribution in [0.2, 0.25) is 0 Å². The van der Waals surface area contributed by atoms with E-state index in [0.717, 1.165) is 5.75 Å². The maximum absolute atomic E-state index is 11.0. The molecule has 0 amide bonds. The van der Waals surface area contributed by atoms with Crippen LogP contribution in [0.1, 0.15) is 12.5 Å². The van der Waals surface area contributed by atoms with E-state index in [1.807, 2.05) is 38.1 Å². The first-order valence-corrected chi connectivity index (χ1v) is 6.20. The van der Waals surface area contributed by atoms with Gasteiger partial charge in [0.1, 0.15) is 18.4 Å². The summed E-state index contributed by atoms with van der Waals surface area (Å²) in [6.45, 7) is 4.41. The van der Waals surface area contributed by atoms with Crippen molar-refractivity contribution in [2.24, 2.45) is 0 Å². The zero-order chi connectivity index (χ0) is 14.3. The number of benzene rings is 1. The Hall–Kier alpha value is -1.59. The van der Waals surface area contributed by atoms with E-state index < -0.39 is 12.0 Å². The van der Waals surface area contributed by atoms with E-state index >= 15 is 0 Å². The number of methoxy groups -OCH3 is 1. The van der Waals surface area contributed by atoms with Crippen molar-refractivity contribution in [3.05, 3.63) is 29.8 Å². The van der Waals surface area contributed by atoms with E-state index in [-0.39, 0.29) is 12.6 Å². The van der Waals surface area contributed by atoms with Crippen LogP contribution in [-0.4, -0.2) is 43.5 Å². The lowest BCUT2D eigenvalue weighted by atomic mass is 10.2. The van der Waals surface area contributed by atoms with Crippen LogP contribution in [0, 0.1) is 6.92 Å². The van der Waals surface area contributed by atoms with Crippen LogP contribution in [0.15, 0.2) is 24.3 Å². The summed E-state index contributed by atoms with van der Waals surface area (Å²) in [5.41, 5.74) is 1.17. The predicted octanol–water partition coefficient (Wildman–Crippen LogP) is 1.45. The molecule has 0 fully saturated rings. The molecule has 0 saturated carbocycles. The summed E-state index contributed by atoms with van der Waals surface area (Å²) in [6, 6.07) is 6.92. The number of carboxylic acid groups (broad SMARTS) is 1. The number of aryl methyl sites for hydroxylation is 1. The average Bonchev–Trinajstić information content (AvgIpc) is 2.37. The van der Waals surface area contributed by atoms with Crippen LogP contribution in [0.3, 0.4) is 0 Å². The lowest BCUT2D eigenvalue weighted by Crippen LogP contribution is -2.47. The van der Waals surface area contributed by atoms with Crippen molar-refractivity contribution in [3.8, 4) is 5.75 Å². The Kier molecular flexibility index (Phi) is 6.32. The molecule has 1 aromatic carbocycles. The van der Waals surface area contributed by atoms with Crippen molar-refractivity contribution >= 4 is 5.97 Å². The highest BCUT2D eigenvalue weighted by atomic mass is 16.5. The molecule has 0 aliphatic rings. The zero-order valence-electron chi connectivity index (χ0n) is 11.6. The first-order valence-electron chi connectivity index (χ1n) is 6.20. The summed E-state index contributed by atoms with van der Waals surface area (Å²) in [7, 11) is 1.48. The zero-order valence-corrected chi connectivity index (χ0v) is 11.6. The van der Waals surface area contributed by atoms with Crippen molar-refractivity contribution < 1.29 is 19.4 Å². The van der Waals surface area contributed by atoms with Crippen LogP contribution in [0.4, 0.5) is 0 Å². The maximum atomic E-state index is 11.0. The highest BCUT2D eigenvalue weighted by Gasteiger charge is 2.19. The van der Waals surface area contributed by atoms with Crippen LogP contribution in [0.25, 0.3) is 0 Å². The Labute approximate surface area is 113 Å². The van der Waals surface area contributed by atoms with Gasteiger partial charge in [-0.15, -0.1) is 0 Å². The lowest BCUT2D eigenvalue weighted by molar-refractivity contribution is -0.141. The number of hydrogen-bond acceptors (Lipinski definition) is 4. The fraction of sp³-hybridized carbons (Fsp3) is 0.500. The second kappa shape index (κ2) is 7.76. The van der Waals surface area contributed by atoms with Gasteiger partial charge in [-0.1, -0.05) is 17.7 Å². The van der Waals surface area contributed by atoms with E-state index in [1.54, 1.807) is 0 Å². The van der Waals surface area contributed by atoms with Gasteiger partial charge < -0.3 is 14.6 Å². The van der Waals surface area contributed by atoms with Gasteiger partial charge in [-0.2, -0.15) is 0 Å². The number of hydrogen-bond donors (Lipinski definition) is 2. The Balaban J connectivity index is 2.39. The highest BCUT2D eigenvalue weighted by Crippen LogP contribution is 2.11. The Bertz CT molecular complexity index is 391. The van der Waals surface area contributed by atoms with Crippen LogP contribution >= 0.6 is 0 Å². The SMILES string of the molecule is COCC(NC(C)COc1ccc(C)cc1)C(=O)O. The highest BCUT2D eigenvalue weighted by molar-refractivity contribution is 5.73. The van der Waals surface area contributed by atoms with Gasteiger partial charge in [-0.25, -0.2) is 0 Å². The summed E-state index contributed by atoms with van der Waals surface area (Å²) in [5.74, 6) is -0.151. The molecule has 0 bridgehead atoms. The Morgan fingerprint density at radius 3 is 2.47 bits per heavy atom. The van der Waals surface area contributed by atoms with Gasteiger partial charge in [0, 0.05) is 13.2 Å². The number of nitrogens with one attached hydrogen (secondary N) is 1. The van der Waals surface area contributed by atoms with Crippen LogP contribution in [-0.2, 0) is 9.53 Å². The Morgan fingerprint density at radius 2 is 1.95 bits per heavy atom. The molecule has 0 spiro atoms. The molecule has 0 radical (unpaired) electrons. The number of aliphatic carboxylic acids is 1. The van der Waals surface area contributed by atoms with Crippen LogP contribution < -0.4 is 10.1 Å². The third-order valence-corrected chi connectivity index (χ3v) is 2.64. The van der Waals surface area contributed by atoms with Gasteiger partial charge >= 0.3 is 5.97 Å². The lowest BCUT2D eigenvalue weighted by Gasteiger charge is -2.20. The average molecular weight is 267 g/mol. The summed E-state index contributed by atoms with van der Waals surface area (Å²) in [5, 5.41) is 11.9. The number of carbonyl (C=O) groups is 1. The monoisotopic (exact) mass is 267 g/mol. The summed E-state index contributed by atoms with van der Waals surface area (Å²) in [6.07, 6.45) is 0. The first kappa shape index (κ1) is 15.5. The quantitative estimate of drug-likeness (QED) is 0.746. The molecule has 2 N–H and O–H groups in total. The molecular weight excluding hydrogens is 246 g/mol. The van der Waals surface area contributed by atoms with Gasteiger partial charge in [-0.3, -0.25) is 10.1 Å². The van der Waals surface area contributed by atoms with Crippen molar-refractivity contribution in [2.75, 3.05) is 20.3 Å². The smallest absolute Gasteiger partial charge is 0.323 e. The molecule has 5 heteroatoms. The minimum absolute atomic E-state index is 0.0856. The minimum Gasteiger partial charge on any atom is -0.492 e. The van der Waals surface area contributed by atoms with Crippen molar-refractivity contribution in [1.29, 1.82) is 0 Å². The molecule has 5 nitrogen and oxygen atoms in total. The molecule has 19 heavy (non-hydrogen) atoms. The van der Waals surface area contributed by atoms with Gasteiger partial charge in [-0.05, 0) is 26.0 Å². The fourth-order valence-electron chi connectivity index (χ4n) is 1.60. The molecule has 0 aliphatic heterocycles. The van der Waals surface area contributed by atoms with E-state index in [4.69, 9.17) is 14.6 Å². The third kappa shape index (κ3) is 5.72. The predicted molar refractivity (Wildman–Crippen MR) is 72.6 cm³/mol. The number of ether oxygens (including phenoxy) is 2. The van der Waals surface area contributed by atoms with E-state index in [1.165, 1.54) is 12.7 Å². The molecule has 1 aromatic rings. The number of carboxylic acids is 1. The molecule has 2 unspecified atom stereocenters. The fourth-order valence-corrected chi connectivity index (χ4v) is 1.60. The summed E-state index contributed by atoms with van der Waals surface area (Å²) in [4.78, 5) is 11.0. The number of rotatable bonds is 8. The minimum atomic E-state index is -0.927. The summed E-state index contributed by atoms with van der Waals surface area (Å²) < 4.78 is 10.4. The maximum Gasteiger partial charge on any atom is 0.323 e. The van der Waals surface area contributed by atoms with Crippen molar-refractivity contribution in [3.63, 3.8) is 0 Å². The summed E-state index contributed by atoms with van der Waals surface area (Å²) >= 11 is 0.